The molecule has 6 heteroatoms. The van der Waals surface area contributed by atoms with Gasteiger partial charge in [-0.3, -0.25) is 0 Å². The maximum Gasteiger partial charge on any atom is 0.410 e. The molecule has 0 saturated heterocycles. The molecule has 0 spiro atoms. The van der Waals surface area contributed by atoms with Crippen molar-refractivity contribution >= 4 is 12.1 Å². The van der Waals surface area contributed by atoms with Crippen molar-refractivity contribution in [2.24, 2.45) is 0 Å². The molecule has 2 aromatic carbocycles. The van der Waals surface area contributed by atoms with Crippen LogP contribution in [0.4, 0.5) is 9.18 Å². The van der Waals surface area contributed by atoms with E-state index in [4.69, 9.17) is 0 Å². The molecule has 120 valence electrons. The van der Waals surface area contributed by atoms with Gasteiger partial charge in [0.05, 0.1) is 0 Å². The molecule has 0 aromatic heterocycles. The summed E-state index contributed by atoms with van der Waals surface area (Å²) in [6, 6.07) is 16.6. The first-order valence-electron chi connectivity index (χ1n) is 6.95. The van der Waals surface area contributed by atoms with Crippen molar-refractivity contribution in [2.75, 3.05) is 6.86 Å². The number of nitrogens with one attached hydrogen (secondary N) is 1. The highest BCUT2D eigenvalue weighted by Gasteiger charge is 2.32. The lowest BCUT2D eigenvalue weighted by Gasteiger charge is -2.25. The lowest BCUT2D eigenvalue weighted by molar-refractivity contribution is -0.139. The molecular formula is C17H16FNO4. The number of hydrogen-bond donors (Lipinski definition) is 2. The van der Waals surface area contributed by atoms with Crippen LogP contribution in [0.15, 0.2) is 60.7 Å². The fourth-order valence-electron chi connectivity index (χ4n) is 2.40. The molecule has 1 amide bonds. The Hall–Kier alpha value is -2.89. The number of carboxylic acids is 1. The smallest absolute Gasteiger partial charge is 0.410 e. The second-order valence-electron chi connectivity index (χ2n) is 4.80. The van der Waals surface area contributed by atoms with Crippen LogP contribution in [0.3, 0.4) is 0 Å². The van der Waals surface area contributed by atoms with E-state index in [-0.39, 0.29) is 0 Å². The summed E-state index contributed by atoms with van der Waals surface area (Å²) in [6.45, 7) is -1.32. The van der Waals surface area contributed by atoms with Crippen molar-refractivity contribution in [2.45, 2.75) is 12.0 Å². The first kappa shape index (κ1) is 16.5. The Bertz CT molecular complexity index is 609. The first-order valence-corrected chi connectivity index (χ1v) is 6.95. The minimum absolute atomic E-state index is 0.637. The average molecular weight is 317 g/mol. The van der Waals surface area contributed by atoms with Gasteiger partial charge in [0.25, 0.3) is 0 Å². The summed E-state index contributed by atoms with van der Waals surface area (Å²) in [6.07, 6.45) is -1.11. The second-order valence-corrected chi connectivity index (χ2v) is 4.80. The molecule has 5 nitrogen and oxygen atoms in total. The summed E-state index contributed by atoms with van der Waals surface area (Å²) in [5.41, 5.74) is 1.43. The summed E-state index contributed by atoms with van der Waals surface area (Å²) in [7, 11) is 0. The molecule has 0 bridgehead atoms. The number of alkyl carbamates (subject to hydrolysis) is 1. The van der Waals surface area contributed by atoms with E-state index >= 15 is 0 Å². The predicted octanol–water partition coefficient (Wildman–Crippen LogP) is 2.92. The molecule has 0 saturated carbocycles. The lowest BCUT2D eigenvalue weighted by Crippen LogP contribution is -2.45. The molecule has 0 unspecified atom stereocenters. The van der Waals surface area contributed by atoms with Crippen LogP contribution in [0.1, 0.15) is 17.0 Å². The Morgan fingerprint density at radius 3 is 1.87 bits per heavy atom. The molecule has 0 aliphatic rings. The van der Waals surface area contributed by atoms with Gasteiger partial charge in [-0.05, 0) is 11.1 Å². The first-order chi connectivity index (χ1) is 11.1. The van der Waals surface area contributed by atoms with Crippen LogP contribution in [0.2, 0.25) is 0 Å². The van der Waals surface area contributed by atoms with E-state index in [9.17, 15) is 19.1 Å². The van der Waals surface area contributed by atoms with Gasteiger partial charge in [0, 0.05) is 5.92 Å². The maximum atomic E-state index is 12.1. The van der Waals surface area contributed by atoms with Gasteiger partial charge in [-0.25, -0.2) is 14.0 Å². The van der Waals surface area contributed by atoms with E-state index in [2.05, 4.69) is 10.1 Å². The molecule has 2 N–H and O–H groups in total. The average Bonchev–Trinajstić information content (AvgIpc) is 2.56. The quantitative estimate of drug-likeness (QED) is 0.859. The van der Waals surface area contributed by atoms with Gasteiger partial charge in [-0.15, -0.1) is 0 Å². The third-order valence-corrected chi connectivity index (χ3v) is 3.38. The van der Waals surface area contributed by atoms with E-state index in [0.717, 1.165) is 0 Å². The van der Waals surface area contributed by atoms with E-state index in [0.29, 0.717) is 11.1 Å². The van der Waals surface area contributed by atoms with Crippen LogP contribution < -0.4 is 5.32 Å². The highest BCUT2D eigenvalue weighted by molar-refractivity contribution is 5.81. The number of alkyl halides is 1. The van der Waals surface area contributed by atoms with Crippen LogP contribution in [-0.2, 0) is 9.53 Å². The fourth-order valence-corrected chi connectivity index (χ4v) is 2.40. The normalized spacial score (nSPS) is 11.7. The Morgan fingerprint density at radius 1 is 1.00 bits per heavy atom. The number of hydrogen-bond acceptors (Lipinski definition) is 3. The van der Waals surface area contributed by atoms with Crippen LogP contribution in [0.5, 0.6) is 0 Å². The summed E-state index contributed by atoms with van der Waals surface area (Å²) in [5.74, 6) is -1.87. The SMILES string of the molecule is O=C(N[C@H](C(=O)O)C(c1ccccc1)c1ccccc1)OCF. The zero-order valence-electron chi connectivity index (χ0n) is 12.2. The molecular weight excluding hydrogens is 301 g/mol. The second kappa shape index (κ2) is 7.93. The molecule has 23 heavy (non-hydrogen) atoms. The highest BCUT2D eigenvalue weighted by atomic mass is 19.1. The van der Waals surface area contributed by atoms with E-state index < -0.39 is 30.9 Å². The predicted molar refractivity (Wildman–Crippen MR) is 81.7 cm³/mol. The Kier molecular flexibility index (Phi) is 5.68. The summed E-state index contributed by atoms with van der Waals surface area (Å²) in [5, 5.41) is 11.7. The van der Waals surface area contributed by atoms with Crippen LogP contribution in [0, 0.1) is 0 Å². The maximum absolute atomic E-state index is 12.1. The molecule has 2 aromatic rings. The summed E-state index contributed by atoms with van der Waals surface area (Å²) < 4.78 is 16.3. The largest absolute Gasteiger partial charge is 0.480 e. The fraction of sp³-hybridized carbons (Fsp3) is 0.176. The van der Waals surface area contributed by atoms with Crippen molar-refractivity contribution in [3.63, 3.8) is 0 Å². The molecule has 2 rings (SSSR count). The third-order valence-electron chi connectivity index (χ3n) is 3.38. The molecule has 0 radical (unpaired) electrons. The molecule has 0 aliphatic heterocycles. The minimum atomic E-state index is -1.32. The standard InChI is InChI=1S/C17H16FNO4/c18-11-23-17(22)19-15(16(20)21)14(12-7-3-1-4-8-12)13-9-5-2-6-10-13/h1-10,14-15H,11H2,(H,19,22)(H,20,21)/t15-/m0/s1. The van der Waals surface area contributed by atoms with Crippen molar-refractivity contribution in [1.82, 2.24) is 5.32 Å². The van der Waals surface area contributed by atoms with Gasteiger partial charge in [0.2, 0.25) is 6.86 Å². The number of carboxylic acid groups (broad SMARTS) is 1. The number of carbonyl (C=O) groups excluding carboxylic acids is 1. The van der Waals surface area contributed by atoms with Gasteiger partial charge in [0.15, 0.2) is 0 Å². The zero-order chi connectivity index (χ0) is 16.7. The van der Waals surface area contributed by atoms with Gasteiger partial charge >= 0.3 is 12.1 Å². The summed E-state index contributed by atoms with van der Waals surface area (Å²) >= 11 is 0. The minimum Gasteiger partial charge on any atom is -0.480 e. The number of rotatable bonds is 6. The highest BCUT2D eigenvalue weighted by Crippen LogP contribution is 2.28. The van der Waals surface area contributed by atoms with Gasteiger partial charge in [-0.2, -0.15) is 0 Å². The van der Waals surface area contributed by atoms with Gasteiger partial charge in [-0.1, -0.05) is 60.7 Å². The van der Waals surface area contributed by atoms with Crippen molar-refractivity contribution in [3.8, 4) is 0 Å². The molecule has 0 fully saturated rings. The van der Waals surface area contributed by atoms with Crippen LogP contribution >= 0.6 is 0 Å². The van der Waals surface area contributed by atoms with E-state index in [1.807, 2.05) is 12.1 Å². The molecule has 0 heterocycles. The lowest BCUT2D eigenvalue weighted by atomic mass is 9.85. The van der Waals surface area contributed by atoms with Crippen LogP contribution in [-0.4, -0.2) is 30.1 Å². The van der Waals surface area contributed by atoms with Crippen molar-refractivity contribution in [3.05, 3.63) is 71.8 Å². The monoisotopic (exact) mass is 317 g/mol. The Morgan fingerprint density at radius 2 is 1.48 bits per heavy atom. The number of halogens is 1. The molecule has 0 aliphatic carbocycles. The number of aliphatic carboxylic acids is 1. The summed E-state index contributed by atoms with van der Waals surface area (Å²) in [4.78, 5) is 23.2. The Balaban J connectivity index is 2.41. The van der Waals surface area contributed by atoms with Crippen molar-refractivity contribution in [1.29, 1.82) is 0 Å². The van der Waals surface area contributed by atoms with Gasteiger partial charge in [0.1, 0.15) is 6.04 Å². The topological polar surface area (TPSA) is 75.6 Å². The number of ether oxygens (including phenoxy) is 1. The number of carbonyl (C=O) groups is 2. The Labute approximate surface area is 132 Å². The van der Waals surface area contributed by atoms with E-state index in [1.165, 1.54) is 0 Å². The number of amides is 1. The zero-order valence-corrected chi connectivity index (χ0v) is 12.2. The molecule has 1 atom stereocenters. The van der Waals surface area contributed by atoms with Crippen LogP contribution in [0.25, 0.3) is 0 Å². The number of benzene rings is 2. The van der Waals surface area contributed by atoms with Gasteiger partial charge < -0.3 is 15.2 Å². The van der Waals surface area contributed by atoms with E-state index in [1.54, 1.807) is 48.5 Å². The van der Waals surface area contributed by atoms with Crippen molar-refractivity contribution < 1.29 is 23.8 Å². The third kappa shape index (κ3) is 4.29.